The Labute approximate surface area is 158 Å². The molecule has 27 heavy (non-hydrogen) atoms. The van der Waals surface area contributed by atoms with E-state index in [1.165, 1.54) is 30.2 Å². The summed E-state index contributed by atoms with van der Waals surface area (Å²) in [6, 6.07) is 3.18. The van der Waals surface area contributed by atoms with Gasteiger partial charge >= 0.3 is 5.97 Å². The number of carboxylic acids is 1. The Balaban J connectivity index is 1.91. The summed E-state index contributed by atoms with van der Waals surface area (Å²) in [6.45, 7) is 0.338. The van der Waals surface area contributed by atoms with E-state index in [4.69, 9.17) is 4.74 Å². The molecule has 1 atom stereocenters. The number of hydrogen-bond donors (Lipinski definition) is 2. The summed E-state index contributed by atoms with van der Waals surface area (Å²) in [5, 5.41) is 9.29. The maximum atomic E-state index is 12.8. The van der Waals surface area contributed by atoms with E-state index in [1.807, 2.05) is 0 Å². The van der Waals surface area contributed by atoms with Crippen molar-refractivity contribution in [2.45, 2.75) is 55.5 Å². The lowest BCUT2D eigenvalue weighted by Crippen LogP contribution is -2.40. The number of carbonyl (C=O) groups is 2. The van der Waals surface area contributed by atoms with Crippen molar-refractivity contribution in [2.75, 3.05) is 13.7 Å². The van der Waals surface area contributed by atoms with Crippen LogP contribution in [0.5, 0.6) is 5.75 Å². The van der Waals surface area contributed by atoms with Crippen LogP contribution in [0.4, 0.5) is 0 Å². The van der Waals surface area contributed by atoms with Gasteiger partial charge in [0.25, 0.3) is 5.91 Å². The monoisotopic (exact) mass is 396 g/mol. The van der Waals surface area contributed by atoms with Crippen LogP contribution in [0, 0.1) is 0 Å². The molecule has 0 aromatic heterocycles. The van der Waals surface area contributed by atoms with Crippen LogP contribution in [-0.2, 0) is 14.8 Å². The standard InChI is InChI=1S/C18H24N2O6S/c1-26-15-9-8-12(17(21)20-10-4-7-14(20)18(22)23)11-16(15)27(24,25)19-13-5-2-3-6-13/h8-9,11,13-14,19H,2-7,10H2,1H3,(H,22,23)/t14-/m1/s1. The zero-order valence-electron chi connectivity index (χ0n) is 15.2. The van der Waals surface area contributed by atoms with E-state index in [0.29, 0.717) is 19.4 Å². The van der Waals surface area contributed by atoms with E-state index >= 15 is 0 Å². The van der Waals surface area contributed by atoms with Crippen molar-refractivity contribution in [3.05, 3.63) is 23.8 Å². The molecule has 2 fully saturated rings. The van der Waals surface area contributed by atoms with Gasteiger partial charge in [-0.15, -0.1) is 0 Å². The first kappa shape index (κ1) is 19.6. The fourth-order valence-corrected chi connectivity index (χ4v) is 5.28. The third-order valence-corrected chi connectivity index (χ3v) is 6.72. The second-order valence-corrected chi connectivity index (χ2v) is 8.65. The van der Waals surface area contributed by atoms with Crippen LogP contribution >= 0.6 is 0 Å². The minimum absolute atomic E-state index is 0.103. The molecule has 0 unspecified atom stereocenters. The van der Waals surface area contributed by atoms with E-state index in [-0.39, 0.29) is 22.3 Å². The molecule has 2 N–H and O–H groups in total. The summed E-state index contributed by atoms with van der Waals surface area (Å²) in [6.07, 6.45) is 4.53. The van der Waals surface area contributed by atoms with Crippen molar-refractivity contribution in [1.82, 2.24) is 9.62 Å². The lowest BCUT2D eigenvalue weighted by molar-refractivity contribution is -0.141. The van der Waals surface area contributed by atoms with E-state index in [1.54, 1.807) is 0 Å². The maximum Gasteiger partial charge on any atom is 0.326 e. The number of rotatable bonds is 6. The van der Waals surface area contributed by atoms with Crippen molar-refractivity contribution in [3.8, 4) is 5.75 Å². The van der Waals surface area contributed by atoms with Crippen LogP contribution < -0.4 is 9.46 Å². The average molecular weight is 396 g/mol. The lowest BCUT2D eigenvalue weighted by Gasteiger charge is -2.22. The van der Waals surface area contributed by atoms with Crippen LogP contribution in [0.2, 0.25) is 0 Å². The molecule has 1 aliphatic carbocycles. The van der Waals surface area contributed by atoms with E-state index < -0.39 is 27.9 Å². The highest BCUT2D eigenvalue weighted by Gasteiger charge is 2.35. The molecule has 2 aliphatic rings. The summed E-state index contributed by atoms with van der Waals surface area (Å²) >= 11 is 0. The van der Waals surface area contributed by atoms with Crippen molar-refractivity contribution in [3.63, 3.8) is 0 Å². The predicted octanol–water partition coefficient (Wildman–Crippen LogP) is 1.61. The summed E-state index contributed by atoms with van der Waals surface area (Å²) in [4.78, 5) is 25.3. The number of methoxy groups -OCH3 is 1. The molecule has 8 nitrogen and oxygen atoms in total. The van der Waals surface area contributed by atoms with Crippen LogP contribution in [0.3, 0.4) is 0 Å². The Morgan fingerprint density at radius 3 is 2.52 bits per heavy atom. The summed E-state index contributed by atoms with van der Waals surface area (Å²) < 4.78 is 33.5. The van der Waals surface area contributed by atoms with Gasteiger partial charge in [-0.2, -0.15) is 0 Å². The fraction of sp³-hybridized carbons (Fsp3) is 0.556. The third kappa shape index (κ3) is 4.08. The molecular weight excluding hydrogens is 372 g/mol. The average Bonchev–Trinajstić information content (AvgIpc) is 3.31. The fourth-order valence-electron chi connectivity index (χ4n) is 3.78. The highest BCUT2D eigenvalue weighted by atomic mass is 32.2. The molecule has 0 radical (unpaired) electrons. The van der Waals surface area contributed by atoms with Gasteiger partial charge in [-0.3, -0.25) is 4.79 Å². The van der Waals surface area contributed by atoms with Gasteiger partial charge in [0.1, 0.15) is 16.7 Å². The Bertz CT molecular complexity index is 832. The van der Waals surface area contributed by atoms with Crippen LogP contribution in [-0.4, -0.2) is 56.0 Å². The van der Waals surface area contributed by atoms with Crippen LogP contribution in [0.15, 0.2) is 23.1 Å². The van der Waals surface area contributed by atoms with Gasteiger partial charge in [-0.05, 0) is 43.9 Å². The number of aliphatic carboxylic acids is 1. The smallest absolute Gasteiger partial charge is 0.326 e. The molecular formula is C18H24N2O6S. The summed E-state index contributed by atoms with van der Waals surface area (Å²) in [7, 11) is -2.49. The Morgan fingerprint density at radius 2 is 1.89 bits per heavy atom. The maximum absolute atomic E-state index is 12.8. The van der Waals surface area contributed by atoms with Crippen LogP contribution in [0.25, 0.3) is 0 Å². The zero-order chi connectivity index (χ0) is 19.6. The molecule has 1 aliphatic heterocycles. The van der Waals surface area contributed by atoms with E-state index in [2.05, 4.69) is 4.72 Å². The highest BCUT2D eigenvalue weighted by Crippen LogP contribution is 2.29. The number of nitrogens with one attached hydrogen (secondary N) is 1. The Hall–Kier alpha value is -2.13. The molecule has 3 rings (SSSR count). The second kappa shape index (κ2) is 7.85. The van der Waals surface area contributed by atoms with Crippen molar-refractivity contribution < 1.29 is 27.9 Å². The van der Waals surface area contributed by atoms with Crippen molar-refractivity contribution >= 4 is 21.9 Å². The van der Waals surface area contributed by atoms with Gasteiger partial charge < -0.3 is 14.7 Å². The number of hydrogen-bond acceptors (Lipinski definition) is 5. The number of likely N-dealkylation sites (tertiary alicyclic amines) is 1. The highest BCUT2D eigenvalue weighted by molar-refractivity contribution is 7.89. The molecule has 1 saturated heterocycles. The summed E-state index contributed by atoms with van der Waals surface area (Å²) in [5.74, 6) is -1.39. The number of carbonyl (C=O) groups excluding carboxylic acids is 1. The first-order valence-electron chi connectivity index (χ1n) is 9.07. The molecule has 9 heteroatoms. The summed E-state index contributed by atoms with van der Waals surface area (Å²) in [5.41, 5.74) is 0.135. The molecule has 1 heterocycles. The Morgan fingerprint density at radius 1 is 1.19 bits per heavy atom. The number of amides is 1. The van der Waals surface area contributed by atoms with Crippen LogP contribution in [0.1, 0.15) is 48.9 Å². The minimum Gasteiger partial charge on any atom is -0.495 e. The van der Waals surface area contributed by atoms with E-state index in [0.717, 1.165) is 25.7 Å². The minimum atomic E-state index is -3.86. The molecule has 0 spiro atoms. The first-order chi connectivity index (χ1) is 12.8. The largest absolute Gasteiger partial charge is 0.495 e. The van der Waals surface area contributed by atoms with Gasteiger partial charge in [0, 0.05) is 18.2 Å². The third-order valence-electron chi connectivity index (χ3n) is 5.18. The van der Waals surface area contributed by atoms with Crippen molar-refractivity contribution in [2.24, 2.45) is 0 Å². The molecule has 1 aromatic carbocycles. The number of benzene rings is 1. The number of sulfonamides is 1. The normalized spacial score (nSPS) is 20.8. The molecule has 1 aromatic rings. The zero-order valence-corrected chi connectivity index (χ0v) is 16.0. The molecule has 1 amide bonds. The number of carboxylic acid groups (broad SMARTS) is 1. The van der Waals surface area contributed by atoms with Gasteiger partial charge in [0.2, 0.25) is 10.0 Å². The Kier molecular flexibility index (Phi) is 5.71. The van der Waals surface area contributed by atoms with Crippen molar-refractivity contribution in [1.29, 1.82) is 0 Å². The molecule has 0 bridgehead atoms. The van der Waals surface area contributed by atoms with Gasteiger partial charge in [0.15, 0.2) is 0 Å². The SMILES string of the molecule is COc1ccc(C(=O)N2CCC[C@@H]2C(=O)O)cc1S(=O)(=O)NC1CCCC1. The number of ether oxygens (including phenoxy) is 1. The lowest BCUT2D eigenvalue weighted by atomic mass is 10.1. The number of nitrogens with zero attached hydrogens (tertiary/aromatic N) is 1. The van der Waals surface area contributed by atoms with Gasteiger partial charge in [0.05, 0.1) is 7.11 Å². The van der Waals surface area contributed by atoms with Gasteiger partial charge in [-0.25, -0.2) is 17.9 Å². The molecule has 1 saturated carbocycles. The topological polar surface area (TPSA) is 113 Å². The van der Waals surface area contributed by atoms with E-state index in [9.17, 15) is 23.1 Å². The quantitative estimate of drug-likeness (QED) is 0.755. The van der Waals surface area contributed by atoms with Gasteiger partial charge in [-0.1, -0.05) is 12.8 Å². The predicted molar refractivity (Wildman–Crippen MR) is 97.3 cm³/mol. The first-order valence-corrected chi connectivity index (χ1v) is 10.6. The second-order valence-electron chi connectivity index (χ2n) is 6.96. The molecule has 148 valence electrons.